The summed E-state index contributed by atoms with van der Waals surface area (Å²) in [6.45, 7) is 0.0520. The minimum absolute atomic E-state index is 0.0152. The van der Waals surface area contributed by atoms with E-state index >= 15 is 0 Å². The number of hydrazone groups is 1. The average Bonchev–Trinajstić information content (AvgIpc) is 2.59. The van der Waals surface area contributed by atoms with Crippen LogP contribution in [-0.4, -0.2) is 24.3 Å². The fraction of sp³-hybridized carbons (Fsp3) is 0.118. The molecular weight excluding hydrogens is 332 g/mol. The molecule has 2 aromatic rings. The summed E-state index contributed by atoms with van der Waals surface area (Å²) in [7, 11) is 0. The molecular formula is C17H13F2N3O3. The Morgan fingerprint density at radius 2 is 1.96 bits per heavy atom. The number of nitrogens with zero attached hydrogens (tertiary/aromatic N) is 1. The highest BCUT2D eigenvalue weighted by Crippen LogP contribution is 2.14. The van der Waals surface area contributed by atoms with Crippen molar-refractivity contribution in [3.63, 3.8) is 0 Å². The number of benzene rings is 2. The third kappa shape index (κ3) is 4.17. The minimum atomic E-state index is -0.635. The van der Waals surface area contributed by atoms with Gasteiger partial charge in [-0.15, -0.1) is 0 Å². The number of ether oxygens (including phenoxy) is 1. The molecule has 2 amide bonds. The van der Waals surface area contributed by atoms with Crippen molar-refractivity contribution in [2.45, 2.75) is 6.42 Å². The van der Waals surface area contributed by atoms with Gasteiger partial charge < -0.3 is 10.1 Å². The van der Waals surface area contributed by atoms with Gasteiger partial charge in [0.05, 0.1) is 6.42 Å². The van der Waals surface area contributed by atoms with E-state index in [1.165, 1.54) is 0 Å². The number of anilines is 1. The Labute approximate surface area is 141 Å². The lowest BCUT2D eigenvalue weighted by Crippen LogP contribution is -2.30. The van der Waals surface area contributed by atoms with Gasteiger partial charge in [0.15, 0.2) is 0 Å². The van der Waals surface area contributed by atoms with E-state index in [4.69, 9.17) is 4.74 Å². The fourth-order valence-electron chi connectivity index (χ4n) is 2.26. The Balaban J connectivity index is 1.64. The number of cyclic esters (lactones) is 1. The summed E-state index contributed by atoms with van der Waals surface area (Å²) in [4.78, 5) is 22.8. The van der Waals surface area contributed by atoms with Gasteiger partial charge in [0, 0.05) is 16.8 Å². The number of carbonyl (C=O) groups excluding carboxylic acids is 2. The van der Waals surface area contributed by atoms with Crippen LogP contribution in [0.15, 0.2) is 47.6 Å². The lowest BCUT2D eigenvalue weighted by atomic mass is 10.1. The molecule has 8 heteroatoms. The first-order chi connectivity index (χ1) is 12.0. The normalized spacial score (nSPS) is 13.5. The van der Waals surface area contributed by atoms with Crippen molar-refractivity contribution in [3.05, 3.63) is 65.2 Å². The SMILES string of the molecule is O=C(Cc1cc(F)ccc1F)Nc1ccc(C2=NNC(=O)OC2)cc1. The van der Waals surface area contributed by atoms with Gasteiger partial charge in [-0.05, 0) is 30.3 Å². The molecule has 1 heterocycles. The summed E-state index contributed by atoms with van der Waals surface area (Å²) >= 11 is 0. The van der Waals surface area contributed by atoms with Crippen LogP contribution in [0.1, 0.15) is 11.1 Å². The van der Waals surface area contributed by atoms with Crippen LogP contribution in [0.5, 0.6) is 0 Å². The third-order valence-electron chi connectivity index (χ3n) is 3.48. The number of halogens is 2. The van der Waals surface area contributed by atoms with E-state index in [1.54, 1.807) is 24.3 Å². The molecule has 0 aromatic heterocycles. The number of hydrogen-bond donors (Lipinski definition) is 2. The zero-order valence-electron chi connectivity index (χ0n) is 12.9. The number of rotatable bonds is 4. The van der Waals surface area contributed by atoms with E-state index < -0.39 is 23.6 Å². The van der Waals surface area contributed by atoms with Crippen LogP contribution in [0, 0.1) is 11.6 Å². The zero-order valence-corrected chi connectivity index (χ0v) is 12.9. The Bertz CT molecular complexity index is 851. The predicted octanol–water partition coefficient (Wildman–Crippen LogP) is 2.59. The molecule has 0 saturated carbocycles. The van der Waals surface area contributed by atoms with Crippen LogP contribution in [0.3, 0.4) is 0 Å². The zero-order chi connectivity index (χ0) is 17.8. The topological polar surface area (TPSA) is 79.8 Å². The largest absolute Gasteiger partial charge is 0.442 e. The van der Waals surface area contributed by atoms with Gasteiger partial charge in [0.2, 0.25) is 5.91 Å². The molecule has 1 aliphatic heterocycles. The molecule has 6 nitrogen and oxygen atoms in total. The third-order valence-corrected chi connectivity index (χ3v) is 3.48. The van der Waals surface area contributed by atoms with Crippen LogP contribution >= 0.6 is 0 Å². The van der Waals surface area contributed by atoms with E-state index in [1.807, 2.05) is 0 Å². The molecule has 2 N–H and O–H groups in total. The van der Waals surface area contributed by atoms with Gasteiger partial charge in [-0.25, -0.2) is 19.0 Å². The van der Waals surface area contributed by atoms with Gasteiger partial charge in [0.1, 0.15) is 24.0 Å². The van der Waals surface area contributed by atoms with E-state index in [-0.39, 0.29) is 18.6 Å². The van der Waals surface area contributed by atoms with Gasteiger partial charge in [0.25, 0.3) is 0 Å². The highest BCUT2D eigenvalue weighted by Gasteiger charge is 2.14. The summed E-state index contributed by atoms with van der Waals surface area (Å²) in [6, 6.07) is 9.62. The Morgan fingerprint density at radius 3 is 2.64 bits per heavy atom. The van der Waals surface area contributed by atoms with Crippen molar-refractivity contribution in [3.8, 4) is 0 Å². The second-order valence-electron chi connectivity index (χ2n) is 5.28. The monoisotopic (exact) mass is 345 g/mol. The smallest absolute Gasteiger partial charge is 0.428 e. The first-order valence-electron chi connectivity index (χ1n) is 7.35. The molecule has 1 aliphatic rings. The van der Waals surface area contributed by atoms with E-state index in [0.717, 1.165) is 18.2 Å². The minimum Gasteiger partial charge on any atom is -0.442 e. The molecule has 0 bridgehead atoms. The molecule has 0 unspecified atom stereocenters. The summed E-state index contributed by atoms with van der Waals surface area (Å²) in [6.07, 6.45) is -0.894. The number of carbonyl (C=O) groups is 2. The lowest BCUT2D eigenvalue weighted by Gasteiger charge is -2.13. The molecule has 0 radical (unpaired) electrons. The molecule has 0 fully saturated rings. The molecule has 0 atom stereocenters. The highest BCUT2D eigenvalue weighted by atomic mass is 19.1. The molecule has 25 heavy (non-hydrogen) atoms. The quantitative estimate of drug-likeness (QED) is 0.894. The summed E-state index contributed by atoms with van der Waals surface area (Å²) in [5.41, 5.74) is 3.94. The summed E-state index contributed by atoms with van der Waals surface area (Å²) in [5, 5.41) is 6.48. The molecule has 128 valence electrons. The van der Waals surface area contributed by atoms with E-state index in [0.29, 0.717) is 17.0 Å². The number of amides is 2. The maximum absolute atomic E-state index is 13.6. The first-order valence-corrected chi connectivity index (χ1v) is 7.35. The maximum atomic E-state index is 13.6. The van der Waals surface area contributed by atoms with Crippen molar-refractivity contribution in [1.29, 1.82) is 0 Å². The standard InChI is InChI=1S/C17H13F2N3O3/c18-12-3-6-14(19)11(7-12)8-16(23)20-13-4-1-10(2-5-13)15-9-25-17(24)22-21-15/h1-7H,8-9H2,(H,20,23)(H,22,24). The van der Waals surface area contributed by atoms with Crippen molar-refractivity contribution in [1.82, 2.24) is 5.43 Å². The van der Waals surface area contributed by atoms with Gasteiger partial charge >= 0.3 is 6.09 Å². The van der Waals surface area contributed by atoms with Crippen LogP contribution in [0.2, 0.25) is 0 Å². The van der Waals surface area contributed by atoms with Crippen LogP contribution in [-0.2, 0) is 16.0 Å². The van der Waals surface area contributed by atoms with Gasteiger partial charge in [-0.1, -0.05) is 12.1 Å². The molecule has 0 saturated heterocycles. The Kier molecular flexibility index (Phi) is 4.69. The maximum Gasteiger partial charge on any atom is 0.428 e. The van der Waals surface area contributed by atoms with Gasteiger partial charge in [-0.3, -0.25) is 4.79 Å². The van der Waals surface area contributed by atoms with Gasteiger partial charge in [-0.2, -0.15) is 5.10 Å². The molecule has 3 rings (SSSR count). The van der Waals surface area contributed by atoms with Crippen molar-refractivity contribution in [2.75, 3.05) is 11.9 Å². The average molecular weight is 345 g/mol. The fourth-order valence-corrected chi connectivity index (χ4v) is 2.26. The molecule has 2 aromatic carbocycles. The summed E-state index contributed by atoms with van der Waals surface area (Å²) < 4.78 is 31.5. The van der Waals surface area contributed by atoms with Crippen molar-refractivity contribution < 1.29 is 23.1 Å². The Hall–Kier alpha value is -3.29. The highest BCUT2D eigenvalue weighted by molar-refractivity contribution is 6.04. The number of hydrogen-bond acceptors (Lipinski definition) is 4. The first kappa shape index (κ1) is 16.6. The number of nitrogens with one attached hydrogen (secondary N) is 2. The predicted molar refractivity (Wildman–Crippen MR) is 86.2 cm³/mol. The second kappa shape index (κ2) is 7.08. The van der Waals surface area contributed by atoms with Crippen molar-refractivity contribution in [2.24, 2.45) is 5.10 Å². The van der Waals surface area contributed by atoms with Crippen LogP contribution in [0.25, 0.3) is 0 Å². The van der Waals surface area contributed by atoms with Crippen LogP contribution in [0.4, 0.5) is 19.3 Å². The van der Waals surface area contributed by atoms with E-state index in [9.17, 15) is 18.4 Å². The van der Waals surface area contributed by atoms with Crippen molar-refractivity contribution >= 4 is 23.4 Å². The second-order valence-corrected chi connectivity index (χ2v) is 5.28. The summed E-state index contributed by atoms with van der Waals surface area (Å²) in [5.74, 6) is -1.71. The Morgan fingerprint density at radius 1 is 1.20 bits per heavy atom. The molecule has 0 aliphatic carbocycles. The lowest BCUT2D eigenvalue weighted by molar-refractivity contribution is -0.115. The van der Waals surface area contributed by atoms with E-state index in [2.05, 4.69) is 15.8 Å². The molecule has 0 spiro atoms. The van der Waals surface area contributed by atoms with Crippen LogP contribution < -0.4 is 10.7 Å².